The second-order valence-electron chi connectivity index (χ2n) is 5.02. The van der Waals surface area contributed by atoms with Gasteiger partial charge in [-0.25, -0.2) is 0 Å². The Balaban J connectivity index is 1.55. The first-order valence-electron chi connectivity index (χ1n) is 6.73. The normalized spacial score (nSPS) is 16.3. The van der Waals surface area contributed by atoms with Gasteiger partial charge in [0, 0.05) is 18.0 Å². The van der Waals surface area contributed by atoms with Crippen LogP contribution in [0.25, 0.3) is 0 Å². The molecule has 17 heavy (non-hydrogen) atoms. The van der Waals surface area contributed by atoms with Crippen molar-refractivity contribution in [1.82, 2.24) is 0 Å². The maximum absolute atomic E-state index is 3.48. The number of anilines is 1. The maximum atomic E-state index is 3.48. The number of hydrogen-bond donors (Lipinski definition) is 1. The van der Waals surface area contributed by atoms with Crippen molar-refractivity contribution in [3.05, 3.63) is 29.8 Å². The fourth-order valence-corrected chi connectivity index (χ4v) is 3.45. The SMILES string of the molecule is Cc1ccc(NCCSCC2CCCC2)cc1. The average Bonchev–Trinajstić information content (AvgIpc) is 2.84. The lowest BCUT2D eigenvalue weighted by atomic mass is 10.1. The molecular formula is C15H23NS. The quantitative estimate of drug-likeness (QED) is 0.753. The summed E-state index contributed by atoms with van der Waals surface area (Å²) >= 11 is 2.11. The topological polar surface area (TPSA) is 12.0 Å². The van der Waals surface area contributed by atoms with Crippen LogP contribution in [0.3, 0.4) is 0 Å². The van der Waals surface area contributed by atoms with Gasteiger partial charge in [-0.3, -0.25) is 0 Å². The lowest BCUT2D eigenvalue weighted by Crippen LogP contribution is -2.06. The van der Waals surface area contributed by atoms with Gasteiger partial charge in [-0.2, -0.15) is 11.8 Å². The number of aryl methyl sites for hydroxylation is 1. The molecule has 1 aromatic carbocycles. The van der Waals surface area contributed by atoms with Crippen molar-refractivity contribution in [1.29, 1.82) is 0 Å². The van der Waals surface area contributed by atoms with E-state index in [9.17, 15) is 0 Å². The Labute approximate surface area is 109 Å². The van der Waals surface area contributed by atoms with Gasteiger partial charge in [-0.1, -0.05) is 30.5 Å². The van der Waals surface area contributed by atoms with Gasteiger partial charge < -0.3 is 5.32 Å². The summed E-state index contributed by atoms with van der Waals surface area (Å²) in [6.45, 7) is 3.21. The van der Waals surface area contributed by atoms with Crippen LogP contribution in [0.4, 0.5) is 5.69 Å². The molecule has 0 spiro atoms. The van der Waals surface area contributed by atoms with Gasteiger partial charge in [0.25, 0.3) is 0 Å². The van der Waals surface area contributed by atoms with Crippen molar-refractivity contribution < 1.29 is 0 Å². The molecule has 1 saturated carbocycles. The standard InChI is InChI=1S/C15H23NS/c1-13-6-8-15(9-7-13)16-10-11-17-12-14-4-2-3-5-14/h6-9,14,16H,2-5,10-12H2,1H3. The number of nitrogens with one attached hydrogen (secondary N) is 1. The van der Waals surface area contributed by atoms with Crippen LogP contribution in [-0.4, -0.2) is 18.1 Å². The molecule has 1 aromatic rings. The van der Waals surface area contributed by atoms with Gasteiger partial charge in [0.05, 0.1) is 0 Å². The second kappa shape index (κ2) is 6.95. The summed E-state index contributed by atoms with van der Waals surface area (Å²) in [6, 6.07) is 8.65. The molecule has 0 aliphatic heterocycles. The summed E-state index contributed by atoms with van der Waals surface area (Å²) in [5.41, 5.74) is 2.57. The fourth-order valence-electron chi connectivity index (χ4n) is 2.37. The zero-order chi connectivity index (χ0) is 11.9. The van der Waals surface area contributed by atoms with Crippen LogP contribution in [0.2, 0.25) is 0 Å². The molecular weight excluding hydrogens is 226 g/mol. The summed E-state index contributed by atoms with van der Waals surface area (Å²) in [7, 11) is 0. The highest BCUT2D eigenvalue weighted by Gasteiger charge is 2.14. The molecule has 2 heteroatoms. The Bertz CT molecular complexity index is 314. The van der Waals surface area contributed by atoms with Crippen molar-refractivity contribution in [3.63, 3.8) is 0 Å². The lowest BCUT2D eigenvalue weighted by molar-refractivity contribution is 0.623. The summed E-state index contributed by atoms with van der Waals surface area (Å²) in [6.07, 6.45) is 5.87. The zero-order valence-corrected chi connectivity index (χ0v) is 11.6. The van der Waals surface area contributed by atoms with Crippen molar-refractivity contribution in [2.24, 2.45) is 5.92 Å². The minimum Gasteiger partial charge on any atom is -0.384 e. The molecule has 0 bridgehead atoms. The van der Waals surface area contributed by atoms with E-state index in [4.69, 9.17) is 0 Å². The van der Waals surface area contributed by atoms with Crippen molar-refractivity contribution in [2.75, 3.05) is 23.4 Å². The van der Waals surface area contributed by atoms with Crippen molar-refractivity contribution in [3.8, 4) is 0 Å². The van der Waals surface area contributed by atoms with E-state index in [0.717, 1.165) is 12.5 Å². The predicted molar refractivity (Wildman–Crippen MR) is 79.0 cm³/mol. The molecule has 1 N–H and O–H groups in total. The molecule has 1 aliphatic carbocycles. The van der Waals surface area contributed by atoms with E-state index in [-0.39, 0.29) is 0 Å². The highest BCUT2D eigenvalue weighted by Crippen LogP contribution is 2.27. The molecule has 0 amide bonds. The number of hydrogen-bond acceptors (Lipinski definition) is 2. The number of thioether (sulfide) groups is 1. The molecule has 1 aliphatic rings. The molecule has 94 valence electrons. The van der Waals surface area contributed by atoms with Crippen LogP contribution < -0.4 is 5.32 Å². The Morgan fingerprint density at radius 1 is 1.18 bits per heavy atom. The smallest absolute Gasteiger partial charge is 0.0340 e. The van der Waals surface area contributed by atoms with Crippen LogP contribution in [-0.2, 0) is 0 Å². The summed E-state index contributed by atoms with van der Waals surface area (Å²) in [5, 5.41) is 3.48. The second-order valence-corrected chi connectivity index (χ2v) is 6.17. The largest absolute Gasteiger partial charge is 0.384 e. The molecule has 1 fully saturated rings. The first-order chi connectivity index (χ1) is 8.34. The van der Waals surface area contributed by atoms with Gasteiger partial charge in [0.2, 0.25) is 0 Å². The van der Waals surface area contributed by atoms with E-state index in [1.54, 1.807) is 0 Å². The average molecular weight is 249 g/mol. The highest BCUT2D eigenvalue weighted by atomic mass is 32.2. The van der Waals surface area contributed by atoms with E-state index >= 15 is 0 Å². The zero-order valence-electron chi connectivity index (χ0n) is 10.7. The molecule has 0 saturated heterocycles. The van der Waals surface area contributed by atoms with E-state index in [1.807, 2.05) is 0 Å². The Morgan fingerprint density at radius 3 is 2.59 bits per heavy atom. The van der Waals surface area contributed by atoms with E-state index in [0.29, 0.717) is 0 Å². The number of rotatable bonds is 6. The third-order valence-electron chi connectivity index (χ3n) is 3.46. The minimum absolute atomic E-state index is 1.01. The molecule has 0 heterocycles. The lowest BCUT2D eigenvalue weighted by Gasteiger charge is -2.09. The number of benzene rings is 1. The van der Waals surface area contributed by atoms with Gasteiger partial charge in [-0.15, -0.1) is 0 Å². The Hall–Kier alpha value is -0.630. The molecule has 0 aromatic heterocycles. The molecule has 1 nitrogen and oxygen atoms in total. The molecule has 0 unspecified atom stereocenters. The summed E-state index contributed by atoms with van der Waals surface area (Å²) < 4.78 is 0. The van der Waals surface area contributed by atoms with Crippen molar-refractivity contribution >= 4 is 17.4 Å². The molecule has 2 rings (SSSR count). The predicted octanol–water partition coefficient (Wildman–Crippen LogP) is 4.33. The van der Waals surface area contributed by atoms with Crippen LogP contribution in [0, 0.1) is 12.8 Å². The van der Waals surface area contributed by atoms with Gasteiger partial charge in [0.15, 0.2) is 0 Å². The van der Waals surface area contributed by atoms with Gasteiger partial charge >= 0.3 is 0 Å². The Kier molecular flexibility index (Phi) is 5.24. The third kappa shape index (κ3) is 4.63. The van der Waals surface area contributed by atoms with Crippen LogP contribution in [0.1, 0.15) is 31.2 Å². The molecule has 0 radical (unpaired) electrons. The maximum Gasteiger partial charge on any atom is 0.0340 e. The van der Waals surface area contributed by atoms with Crippen LogP contribution >= 0.6 is 11.8 Å². The van der Waals surface area contributed by atoms with E-state index in [2.05, 4.69) is 48.3 Å². The van der Waals surface area contributed by atoms with Gasteiger partial charge in [-0.05, 0) is 43.6 Å². The first kappa shape index (κ1) is 12.8. The Morgan fingerprint density at radius 2 is 1.88 bits per heavy atom. The van der Waals surface area contributed by atoms with Crippen molar-refractivity contribution in [2.45, 2.75) is 32.6 Å². The minimum atomic E-state index is 1.01. The van der Waals surface area contributed by atoms with E-state index in [1.165, 1.54) is 48.4 Å². The van der Waals surface area contributed by atoms with Crippen LogP contribution in [0.5, 0.6) is 0 Å². The van der Waals surface area contributed by atoms with E-state index < -0.39 is 0 Å². The molecule has 0 atom stereocenters. The monoisotopic (exact) mass is 249 g/mol. The summed E-state index contributed by atoms with van der Waals surface area (Å²) in [4.78, 5) is 0. The van der Waals surface area contributed by atoms with Crippen LogP contribution in [0.15, 0.2) is 24.3 Å². The fraction of sp³-hybridized carbons (Fsp3) is 0.600. The third-order valence-corrected chi connectivity index (χ3v) is 4.66. The highest BCUT2D eigenvalue weighted by molar-refractivity contribution is 7.99. The summed E-state index contributed by atoms with van der Waals surface area (Å²) in [5.74, 6) is 3.61. The first-order valence-corrected chi connectivity index (χ1v) is 7.88. The van der Waals surface area contributed by atoms with Gasteiger partial charge in [0.1, 0.15) is 0 Å².